The van der Waals surface area contributed by atoms with Crippen LogP contribution < -0.4 is 5.32 Å². The third kappa shape index (κ3) is 3.48. The molecule has 0 amide bonds. The van der Waals surface area contributed by atoms with Crippen molar-refractivity contribution in [1.29, 1.82) is 0 Å². The summed E-state index contributed by atoms with van der Waals surface area (Å²) in [6.45, 7) is 2.18. The summed E-state index contributed by atoms with van der Waals surface area (Å²) in [6, 6.07) is 4.15. The molecular formula is C13H18FN3O2. The van der Waals surface area contributed by atoms with E-state index in [0.717, 1.165) is 32.0 Å². The Morgan fingerprint density at radius 2 is 2.16 bits per heavy atom. The molecule has 2 rings (SSSR count). The summed E-state index contributed by atoms with van der Waals surface area (Å²) in [4.78, 5) is 12.6. The first-order valence-electron chi connectivity index (χ1n) is 6.42. The minimum atomic E-state index is -0.449. The zero-order valence-corrected chi connectivity index (χ0v) is 10.9. The summed E-state index contributed by atoms with van der Waals surface area (Å²) in [6.07, 6.45) is 2.03. The first kappa shape index (κ1) is 13.9. The summed E-state index contributed by atoms with van der Waals surface area (Å²) in [5.74, 6) is -0.425. The second kappa shape index (κ2) is 6.08. The van der Waals surface area contributed by atoms with E-state index in [-0.39, 0.29) is 5.69 Å². The Balaban J connectivity index is 2.06. The molecule has 19 heavy (non-hydrogen) atoms. The Morgan fingerprint density at radius 3 is 2.74 bits per heavy atom. The SMILES string of the molecule is CNC1CCN(Cc2cc(F)ccc2[N+](=O)[O-])CC1. The second-order valence-electron chi connectivity index (χ2n) is 4.87. The number of piperidine rings is 1. The van der Waals surface area contributed by atoms with Gasteiger partial charge in [-0.3, -0.25) is 15.0 Å². The normalized spacial score (nSPS) is 17.6. The number of hydrogen-bond donors (Lipinski definition) is 1. The predicted octanol–water partition coefficient (Wildman–Crippen LogP) is 1.92. The van der Waals surface area contributed by atoms with Gasteiger partial charge in [0.05, 0.1) is 4.92 Å². The van der Waals surface area contributed by atoms with E-state index in [1.165, 1.54) is 12.1 Å². The molecule has 104 valence electrons. The van der Waals surface area contributed by atoms with E-state index < -0.39 is 10.7 Å². The molecular weight excluding hydrogens is 249 g/mol. The molecule has 0 unspecified atom stereocenters. The van der Waals surface area contributed by atoms with Crippen molar-refractivity contribution in [3.05, 3.63) is 39.7 Å². The first-order valence-corrected chi connectivity index (χ1v) is 6.42. The average molecular weight is 267 g/mol. The van der Waals surface area contributed by atoms with Crippen molar-refractivity contribution < 1.29 is 9.31 Å². The first-order chi connectivity index (χ1) is 9.10. The fourth-order valence-corrected chi connectivity index (χ4v) is 2.48. The Kier molecular flexibility index (Phi) is 4.44. The fraction of sp³-hybridized carbons (Fsp3) is 0.538. The van der Waals surface area contributed by atoms with E-state index in [0.29, 0.717) is 18.2 Å². The van der Waals surface area contributed by atoms with Crippen molar-refractivity contribution >= 4 is 5.69 Å². The highest BCUT2D eigenvalue weighted by molar-refractivity contribution is 5.40. The van der Waals surface area contributed by atoms with E-state index in [1.54, 1.807) is 0 Å². The van der Waals surface area contributed by atoms with E-state index >= 15 is 0 Å². The lowest BCUT2D eigenvalue weighted by atomic mass is 10.0. The van der Waals surface area contributed by atoms with Crippen LogP contribution in [0.5, 0.6) is 0 Å². The zero-order valence-electron chi connectivity index (χ0n) is 10.9. The lowest BCUT2D eigenvalue weighted by molar-refractivity contribution is -0.385. The van der Waals surface area contributed by atoms with Crippen LogP contribution in [-0.2, 0) is 6.54 Å². The Labute approximate surface area is 111 Å². The molecule has 1 aliphatic heterocycles. The lowest BCUT2D eigenvalue weighted by Crippen LogP contribution is -2.40. The molecule has 1 fully saturated rings. The zero-order chi connectivity index (χ0) is 13.8. The molecule has 0 aromatic heterocycles. The predicted molar refractivity (Wildman–Crippen MR) is 70.4 cm³/mol. The molecule has 6 heteroatoms. The number of nitrogens with one attached hydrogen (secondary N) is 1. The largest absolute Gasteiger partial charge is 0.317 e. The van der Waals surface area contributed by atoms with Gasteiger partial charge in [-0.25, -0.2) is 4.39 Å². The van der Waals surface area contributed by atoms with Gasteiger partial charge in [0.2, 0.25) is 0 Å². The second-order valence-corrected chi connectivity index (χ2v) is 4.87. The van der Waals surface area contributed by atoms with Crippen molar-refractivity contribution in [2.75, 3.05) is 20.1 Å². The maximum absolute atomic E-state index is 13.2. The van der Waals surface area contributed by atoms with E-state index in [4.69, 9.17) is 0 Å². The van der Waals surface area contributed by atoms with Gasteiger partial charge in [0.15, 0.2) is 0 Å². The average Bonchev–Trinajstić information content (AvgIpc) is 2.39. The Bertz CT molecular complexity index is 459. The van der Waals surface area contributed by atoms with Gasteiger partial charge < -0.3 is 5.32 Å². The molecule has 0 spiro atoms. The molecule has 1 N–H and O–H groups in total. The van der Waals surface area contributed by atoms with Gasteiger partial charge in [-0.15, -0.1) is 0 Å². The van der Waals surface area contributed by atoms with Crippen LogP contribution in [0, 0.1) is 15.9 Å². The van der Waals surface area contributed by atoms with Crippen molar-refractivity contribution in [2.45, 2.75) is 25.4 Å². The molecule has 0 bridgehead atoms. The summed E-state index contributed by atoms with van der Waals surface area (Å²) in [7, 11) is 1.94. The van der Waals surface area contributed by atoms with Gasteiger partial charge in [-0.1, -0.05) is 0 Å². The number of nitro groups is 1. The third-order valence-corrected chi connectivity index (χ3v) is 3.63. The van der Waals surface area contributed by atoms with Crippen LogP contribution in [0.25, 0.3) is 0 Å². The molecule has 1 heterocycles. The summed E-state index contributed by atoms with van der Waals surface area (Å²) < 4.78 is 13.2. The fourth-order valence-electron chi connectivity index (χ4n) is 2.48. The number of likely N-dealkylation sites (tertiary alicyclic amines) is 1. The Morgan fingerprint density at radius 1 is 1.47 bits per heavy atom. The quantitative estimate of drug-likeness (QED) is 0.669. The molecule has 1 aliphatic rings. The molecule has 5 nitrogen and oxygen atoms in total. The monoisotopic (exact) mass is 267 g/mol. The highest BCUT2D eigenvalue weighted by Gasteiger charge is 2.21. The molecule has 0 saturated carbocycles. The number of benzene rings is 1. The van der Waals surface area contributed by atoms with E-state index in [2.05, 4.69) is 10.2 Å². The molecule has 1 aromatic carbocycles. The molecule has 0 aliphatic carbocycles. The third-order valence-electron chi connectivity index (χ3n) is 3.63. The topological polar surface area (TPSA) is 58.4 Å². The van der Waals surface area contributed by atoms with Crippen LogP contribution >= 0.6 is 0 Å². The van der Waals surface area contributed by atoms with Crippen LogP contribution in [-0.4, -0.2) is 36.0 Å². The minimum absolute atomic E-state index is 0.00265. The van der Waals surface area contributed by atoms with Gasteiger partial charge in [0.1, 0.15) is 5.82 Å². The van der Waals surface area contributed by atoms with Gasteiger partial charge in [0, 0.05) is 24.2 Å². The molecule has 0 radical (unpaired) electrons. The molecule has 1 saturated heterocycles. The lowest BCUT2D eigenvalue weighted by Gasteiger charge is -2.31. The van der Waals surface area contributed by atoms with Crippen molar-refractivity contribution in [1.82, 2.24) is 10.2 Å². The maximum atomic E-state index is 13.2. The van der Waals surface area contributed by atoms with Gasteiger partial charge in [0.25, 0.3) is 5.69 Å². The van der Waals surface area contributed by atoms with Crippen molar-refractivity contribution in [2.24, 2.45) is 0 Å². The standard InChI is InChI=1S/C13H18FN3O2/c1-15-12-4-6-16(7-5-12)9-10-8-11(14)2-3-13(10)17(18)19/h2-3,8,12,15H,4-7,9H2,1H3. The Hall–Kier alpha value is -1.53. The van der Waals surface area contributed by atoms with E-state index in [1.807, 2.05) is 7.05 Å². The number of nitro benzene ring substituents is 1. The summed E-state index contributed by atoms with van der Waals surface area (Å²) in [5.41, 5.74) is 0.449. The smallest absolute Gasteiger partial charge is 0.274 e. The highest BCUT2D eigenvalue weighted by Crippen LogP contribution is 2.22. The van der Waals surface area contributed by atoms with Crippen LogP contribution in [0.15, 0.2) is 18.2 Å². The van der Waals surface area contributed by atoms with Crippen molar-refractivity contribution in [3.8, 4) is 0 Å². The van der Waals surface area contributed by atoms with Gasteiger partial charge in [-0.05, 0) is 45.1 Å². The van der Waals surface area contributed by atoms with Crippen molar-refractivity contribution in [3.63, 3.8) is 0 Å². The summed E-state index contributed by atoms with van der Waals surface area (Å²) >= 11 is 0. The maximum Gasteiger partial charge on any atom is 0.274 e. The molecule has 0 atom stereocenters. The van der Waals surface area contributed by atoms with Crippen LogP contribution in [0.3, 0.4) is 0 Å². The number of halogens is 1. The number of nitrogens with zero attached hydrogens (tertiary/aromatic N) is 2. The minimum Gasteiger partial charge on any atom is -0.317 e. The van der Waals surface area contributed by atoms with Gasteiger partial charge >= 0.3 is 0 Å². The van der Waals surface area contributed by atoms with Crippen LogP contribution in [0.2, 0.25) is 0 Å². The summed E-state index contributed by atoms with van der Waals surface area (Å²) in [5, 5.41) is 14.2. The van der Waals surface area contributed by atoms with E-state index in [9.17, 15) is 14.5 Å². The van der Waals surface area contributed by atoms with Crippen LogP contribution in [0.4, 0.5) is 10.1 Å². The highest BCUT2D eigenvalue weighted by atomic mass is 19.1. The number of rotatable bonds is 4. The number of hydrogen-bond acceptors (Lipinski definition) is 4. The molecule has 1 aromatic rings. The van der Waals surface area contributed by atoms with Gasteiger partial charge in [-0.2, -0.15) is 0 Å². The van der Waals surface area contributed by atoms with Crippen LogP contribution in [0.1, 0.15) is 18.4 Å².